The van der Waals surface area contributed by atoms with Gasteiger partial charge in [-0.15, -0.1) is 0 Å². The lowest BCUT2D eigenvalue weighted by molar-refractivity contribution is 0.291. The Morgan fingerprint density at radius 3 is 2.62 bits per heavy atom. The molecule has 72 valence electrons. The molecule has 0 aromatic heterocycles. The van der Waals surface area contributed by atoms with Crippen LogP contribution in [0.2, 0.25) is 0 Å². The van der Waals surface area contributed by atoms with Crippen LogP contribution in [-0.4, -0.2) is 21.9 Å². The summed E-state index contributed by atoms with van der Waals surface area (Å²) in [5, 5.41) is 0. The Bertz CT molecular complexity index is 226. The predicted octanol–water partition coefficient (Wildman–Crippen LogP) is 3.12. The molecule has 1 saturated heterocycles. The first kappa shape index (κ1) is 9.56. The lowest BCUT2D eigenvalue weighted by Crippen LogP contribution is -2.29. The molecule has 0 aromatic carbocycles. The van der Waals surface area contributed by atoms with Gasteiger partial charge >= 0.3 is 0 Å². The summed E-state index contributed by atoms with van der Waals surface area (Å²) >= 11 is 2.49. The largest absolute Gasteiger partial charge is 0.372 e. The van der Waals surface area contributed by atoms with E-state index in [2.05, 4.69) is 45.7 Å². The van der Waals surface area contributed by atoms with Crippen molar-refractivity contribution in [3.63, 3.8) is 0 Å². The third-order valence-corrected chi connectivity index (χ3v) is 3.67. The second kappa shape index (κ2) is 4.49. The average molecular weight is 289 g/mol. The van der Waals surface area contributed by atoms with Crippen LogP contribution < -0.4 is 0 Å². The molecule has 0 amide bonds. The van der Waals surface area contributed by atoms with E-state index in [1.807, 2.05) is 0 Å². The molecule has 0 saturated carbocycles. The fourth-order valence-corrected chi connectivity index (χ4v) is 2.43. The number of hydrogen-bond acceptors (Lipinski definition) is 1. The molecule has 1 aliphatic carbocycles. The zero-order valence-corrected chi connectivity index (χ0v) is 10.0. The fraction of sp³-hybridized carbons (Fsp3) is 0.636. The van der Waals surface area contributed by atoms with E-state index in [4.69, 9.17) is 0 Å². The lowest BCUT2D eigenvalue weighted by Gasteiger charge is -2.31. The monoisotopic (exact) mass is 289 g/mol. The maximum atomic E-state index is 2.53. The molecule has 1 aliphatic heterocycles. The molecular formula is C11H16IN. The molecule has 2 aliphatic rings. The molecule has 1 atom stereocenters. The summed E-state index contributed by atoms with van der Waals surface area (Å²) in [6.07, 6.45) is 12.4. The molecule has 2 heteroatoms. The van der Waals surface area contributed by atoms with Gasteiger partial charge in [0.2, 0.25) is 0 Å². The maximum Gasteiger partial charge on any atom is 0.0328 e. The van der Waals surface area contributed by atoms with E-state index in [9.17, 15) is 0 Å². The van der Waals surface area contributed by atoms with Crippen LogP contribution >= 0.6 is 22.6 Å². The highest BCUT2D eigenvalue weighted by atomic mass is 127. The number of allylic oxidation sites excluding steroid dienone is 3. The van der Waals surface area contributed by atoms with Gasteiger partial charge in [0, 0.05) is 22.7 Å². The topological polar surface area (TPSA) is 3.24 Å². The first-order valence-electron chi connectivity index (χ1n) is 5.13. The lowest BCUT2D eigenvalue weighted by atomic mass is 10.1. The smallest absolute Gasteiger partial charge is 0.0328 e. The Hall–Kier alpha value is 0.01000. The minimum absolute atomic E-state index is 0.714. The van der Waals surface area contributed by atoms with Crippen molar-refractivity contribution < 1.29 is 0 Å². The molecule has 13 heavy (non-hydrogen) atoms. The number of likely N-dealkylation sites (tertiary alicyclic amines) is 1. The Balaban J connectivity index is 1.96. The SMILES string of the molecule is IC1C=CC(N2CCCCC2)=CC1. The van der Waals surface area contributed by atoms with E-state index in [1.165, 1.54) is 44.5 Å². The Morgan fingerprint density at radius 2 is 2.00 bits per heavy atom. The zero-order valence-electron chi connectivity index (χ0n) is 7.88. The second-order valence-corrected chi connectivity index (χ2v) is 5.39. The average Bonchev–Trinajstić information content (AvgIpc) is 2.20. The van der Waals surface area contributed by atoms with Crippen molar-refractivity contribution in [1.82, 2.24) is 4.90 Å². The van der Waals surface area contributed by atoms with Gasteiger partial charge in [-0.3, -0.25) is 0 Å². The number of alkyl halides is 1. The molecular weight excluding hydrogens is 273 g/mol. The van der Waals surface area contributed by atoms with Gasteiger partial charge in [0.05, 0.1) is 0 Å². The number of nitrogens with zero attached hydrogens (tertiary/aromatic N) is 1. The molecule has 1 nitrogen and oxygen atoms in total. The van der Waals surface area contributed by atoms with Crippen molar-refractivity contribution in [2.24, 2.45) is 0 Å². The number of piperidine rings is 1. The Morgan fingerprint density at radius 1 is 1.23 bits per heavy atom. The summed E-state index contributed by atoms with van der Waals surface area (Å²) in [6.45, 7) is 2.53. The summed E-state index contributed by atoms with van der Waals surface area (Å²) in [5.41, 5.74) is 1.47. The second-order valence-electron chi connectivity index (χ2n) is 3.79. The first-order chi connectivity index (χ1) is 6.36. The number of halogens is 1. The van der Waals surface area contributed by atoms with Gasteiger partial charge in [-0.25, -0.2) is 0 Å². The normalized spacial score (nSPS) is 28.8. The van der Waals surface area contributed by atoms with Crippen LogP contribution in [-0.2, 0) is 0 Å². The number of rotatable bonds is 1. The van der Waals surface area contributed by atoms with Gasteiger partial charge in [0.1, 0.15) is 0 Å². The molecule has 0 N–H and O–H groups in total. The molecule has 1 heterocycles. The van der Waals surface area contributed by atoms with E-state index in [-0.39, 0.29) is 0 Å². The van der Waals surface area contributed by atoms with E-state index in [1.54, 1.807) is 0 Å². The highest BCUT2D eigenvalue weighted by molar-refractivity contribution is 14.1. The van der Waals surface area contributed by atoms with Crippen LogP contribution in [0.5, 0.6) is 0 Å². The summed E-state index contributed by atoms with van der Waals surface area (Å²) < 4.78 is 0.714. The number of hydrogen-bond donors (Lipinski definition) is 0. The van der Waals surface area contributed by atoms with Crippen LogP contribution in [0.25, 0.3) is 0 Å². The van der Waals surface area contributed by atoms with Gasteiger partial charge < -0.3 is 4.90 Å². The molecule has 0 aromatic rings. The van der Waals surface area contributed by atoms with Crippen molar-refractivity contribution in [2.75, 3.05) is 13.1 Å². The van der Waals surface area contributed by atoms with Crippen LogP contribution in [0, 0.1) is 0 Å². The highest BCUT2D eigenvalue weighted by Gasteiger charge is 2.13. The quantitative estimate of drug-likeness (QED) is 0.529. The summed E-state index contributed by atoms with van der Waals surface area (Å²) in [4.78, 5) is 2.53. The molecule has 0 bridgehead atoms. The van der Waals surface area contributed by atoms with Gasteiger partial charge in [-0.1, -0.05) is 34.7 Å². The van der Waals surface area contributed by atoms with E-state index in [0.29, 0.717) is 3.92 Å². The zero-order chi connectivity index (χ0) is 9.10. The molecule has 0 spiro atoms. The standard InChI is InChI=1S/C11H16IN/c12-10-4-6-11(7-5-10)13-8-2-1-3-9-13/h4,6-7,10H,1-3,5,8-9H2. The molecule has 2 rings (SSSR count). The summed E-state index contributed by atoms with van der Waals surface area (Å²) in [6, 6.07) is 0. The van der Waals surface area contributed by atoms with Crippen LogP contribution in [0.4, 0.5) is 0 Å². The van der Waals surface area contributed by atoms with Gasteiger partial charge in [-0.05, 0) is 31.8 Å². The third kappa shape index (κ3) is 2.48. The highest BCUT2D eigenvalue weighted by Crippen LogP contribution is 2.22. The summed E-state index contributed by atoms with van der Waals surface area (Å²) in [7, 11) is 0. The van der Waals surface area contributed by atoms with Crippen molar-refractivity contribution in [3.05, 3.63) is 23.9 Å². The molecule has 1 fully saturated rings. The van der Waals surface area contributed by atoms with Crippen LogP contribution in [0.15, 0.2) is 23.9 Å². The minimum atomic E-state index is 0.714. The van der Waals surface area contributed by atoms with Gasteiger partial charge in [0.15, 0.2) is 0 Å². The van der Waals surface area contributed by atoms with Crippen molar-refractivity contribution in [1.29, 1.82) is 0 Å². The predicted molar refractivity (Wildman–Crippen MR) is 65.1 cm³/mol. The first-order valence-corrected chi connectivity index (χ1v) is 6.38. The third-order valence-electron chi connectivity index (χ3n) is 2.75. The van der Waals surface area contributed by atoms with E-state index < -0.39 is 0 Å². The summed E-state index contributed by atoms with van der Waals surface area (Å²) in [5.74, 6) is 0. The van der Waals surface area contributed by atoms with Crippen LogP contribution in [0.1, 0.15) is 25.7 Å². The van der Waals surface area contributed by atoms with Gasteiger partial charge in [0.25, 0.3) is 0 Å². The minimum Gasteiger partial charge on any atom is -0.372 e. The van der Waals surface area contributed by atoms with Crippen LogP contribution in [0.3, 0.4) is 0 Å². The Labute approximate surface area is 94.0 Å². The van der Waals surface area contributed by atoms with Crippen molar-refractivity contribution >= 4 is 22.6 Å². The van der Waals surface area contributed by atoms with Crippen molar-refractivity contribution in [3.8, 4) is 0 Å². The van der Waals surface area contributed by atoms with Crippen molar-refractivity contribution in [2.45, 2.75) is 29.6 Å². The maximum absolute atomic E-state index is 2.53. The van der Waals surface area contributed by atoms with Gasteiger partial charge in [-0.2, -0.15) is 0 Å². The fourth-order valence-electron chi connectivity index (χ4n) is 1.97. The van der Waals surface area contributed by atoms with E-state index >= 15 is 0 Å². The molecule has 1 unspecified atom stereocenters. The molecule has 0 radical (unpaired) electrons. The van der Waals surface area contributed by atoms with E-state index in [0.717, 1.165) is 0 Å². The Kier molecular flexibility index (Phi) is 3.30.